The Morgan fingerprint density at radius 2 is 1.92 bits per heavy atom. The van der Waals surface area contributed by atoms with Crippen molar-refractivity contribution in [3.05, 3.63) is 0 Å². The zero-order chi connectivity index (χ0) is 9.56. The fourth-order valence-corrected chi connectivity index (χ4v) is 1.09. The molecule has 0 amide bonds. The first-order valence-corrected chi connectivity index (χ1v) is 4.53. The van der Waals surface area contributed by atoms with E-state index in [1.807, 2.05) is 14.0 Å². The first-order chi connectivity index (χ1) is 5.56. The second kappa shape index (κ2) is 6.40. The SMILES string of the molecule is CC(O)CCN(C)CC(C)CO. The van der Waals surface area contributed by atoms with Crippen molar-refractivity contribution in [2.75, 3.05) is 26.7 Å². The summed E-state index contributed by atoms with van der Waals surface area (Å²) in [6, 6.07) is 0. The predicted molar refractivity (Wildman–Crippen MR) is 50.0 cm³/mol. The highest BCUT2D eigenvalue weighted by Gasteiger charge is 2.05. The van der Waals surface area contributed by atoms with Gasteiger partial charge in [0.15, 0.2) is 0 Å². The molecule has 0 radical (unpaired) electrons. The highest BCUT2D eigenvalue weighted by atomic mass is 16.3. The molecule has 2 unspecified atom stereocenters. The molecule has 2 atom stereocenters. The average Bonchev–Trinajstić information content (AvgIpc) is 2.00. The van der Waals surface area contributed by atoms with Gasteiger partial charge in [0.25, 0.3) is 0 Å². The summed E-state index contributed by atoms with van der Waals surface area (Å²) >= 11 is 0. The van der Waals surface area contributed by atoms with E-state index in [1.165, 1.54) is 0 Å². The number of aliphatic hydroxyl groups excluding tert-OH is 2. The van der Waals surface area contributed by atoms with E-state index >= 15 is 0 Å². The third-order valence-corrected chi connectivity index (χ3v) is 1.86. The molecule has 0 spiro atoms. The van der Waals surface area contributed by atoms with E-state index in [-0.39, 0.29) is 12.7 Å². The van der Waals surface area contributed by atoms with Crippen LogP contribution in [0.5, 0.6) is 0 Å². The summed E-state index contributed by atoms with van der Waals surface area (Å²) in [7, 11) is 2.01. The van der Waals surface area contributed by atoms with Crippen molar-refractivity contribution in [1.29, 1.82) is 0 Å². The van der Waals surface area contributed by atoms with Gasteiger partial charge >= 0.3 is 0 Å². The Balaban J connectivity index is 3.39. The summed E-state index contributed by atoms with van der Waals surface area (Å²) in [5.74, 6) is 0.323. The topological polar surface area (TPSA) is 43.7 Å². The van der Waals surface area contributed by atoms with Crippen molar-refractivity contribution in [1.82, 2.24) is 4.90 Å². The Morgan fingerprint density at radius 3 is 2.33 bits per heavy atom. The van der Waals surface area contributed by atoms with Crippen LogP contribution in [0, 0.1) is 5.92 Å². The highest BCUT2D eigenvalue weighted by Crippen LogP contribution is 1.98. The van der Waals surface area contributed by atoms with Gasteiger partial charge in [-0.1, -0.05) is 6.92 Å². The Morgan fingerprint density at radius 1 is 1.33 bits per heavy atom. The van der Waals surface area contributed by atoms with E-state index in [1.54, 1.807) is 6.92 Å². The lowest BCUT2D eigenvalue weighted by Gasteiger charge is -2.20. The predicted octanol–water partition coefficient (Wildman–Crippen LogP) is 0.318. The summed E-state index contributed by atoms with van der Waals surface area (Å²) in [4.78, 5) is 2.13. The van der Waals surface area contributed by atoms with E-state index in [2.05, 4.69) is 4.90 Å². The maximum absolute atomic E-state index is 9.02. The molecule has 0 aliphatic carbocycles. The van der Waals surface area contributed by atoms with Gasteiger partial charge in [-0.15, -0.1) is 0 Å². The van der Waals surface area contributed by atoms with Crippen molar-refractivity contribution in [3.8, 4) is 0 Å². The number of aliphatic hydroxyl groups is 2. The maximum atomic E-state index is 9.02. The van der Waals surface area contributed by atoms with Crippen LogP contribution in [0.15, 0.2) is 0 Å². The minimum absolute atomic E-state index is 0.225. The minimum Gasteiger partial charge on any atom is -0.396 e. The molecule has 12 heavy (non-hydrogen) atoms. The van der Waals surface area contributed by atoms with Gasteiger partial charge in [0.1, 0.15) is 0 Å². The van der Waals surface area contributed by atoms with Crippen LogP contribution in [0.25, 0.3) is 0 Å². The molecule has 0 aliphatic heterocycles. The summed E-state index contributed by atoms with van der Waals surface area (Å²) in [5, 5.41) is 17.8. The number of nitrogens with zero attached hydrogens (tertiary/aromatic N) is 1. The fourth-order valence-electron chi connectivity index (χ4n) is 1.09. The van der Waals surface area contributed by atoms with E-state index in [0.29, 0.717) is 5.92 Å². The Bertz CT molecular complexity index is 107. The lowest BCUT2D eigenvalue weighted by molar-refractivity contribution is 0.148. The molecule has 0 fully saturated rings. The Kier molecular flexibility index (Phi) is 6.34. The minimum atomic E-state index is -0.225. The fraction of sp³-hybridized carbons (Fsp3) is 1.00. The molecule has 0 saturated carbocycles. The molecule has 0 bridgehead atoms. The first-order valence-electron chi connectivity index (χ1n) is 4.53. The largest absolute Gasteiger partial charge is 0.396 e. The lowest BCUT2D eigenvalue weighted by atomic mass is 10.2. The van der Waals surface area contributed by atoms with E-state index < -0.39 is 0 Å². The summed E-state index contributed by atoms with van der Waals surface area (Å²) in [5.41, 5.74) is 0. The third kappa shape index (κ3) is 6.58. The molecule has 0 saturated heterocycles. The number of hydrogen-bond donors (Lipinski definition) is 2. The molecular formula is C9H21NO2. The van der Waals surface area contributed by atoms with Crippen LogP contribution in [-0.2, 0) is 0 Å². The molecule has 0 aromatic heterocycles. The molecular weight excluding hydrogens is 154 g/mol. The van der Waals surface area contributed by atoms with Gasteiger partial charge in [-0.05, 0) is 26.3 Å². The first kappa shape index (κ1) is 11.9. The van der Waals surface area contributed by atoms with Gasteiger partial charge in [0.2, 0.25) is 0 Å². The zero-order valence-corrected chi connectivity index (χ0v) is 8.32. The van der Waals surface area contributed by atoms with Gasteiger partial charge in [0, 0.05) is 19.7 Å². The Hall–Kier alpha value is -0.120. The molecule has 0 aliphatic rings. The molecule has 0 aromatic carbocycles. The normalized spacial score (nSPS) is 16.5. The lowest BCUT2D eigenvalue weighted by Crippen LogP contribution is -2.28. The van der Waals surface area contributed by atoms with Crippen LogP contribution in [0.1, 0.15) is 20.3 Å². The van der Waals surface area contributed by atoms with Crippen molar-refractivity contribution in [3.63, 3.8) is 0 Å². The quantitative estimate of drug-likeness (QED) is 0.611. The van der Waals surface area contributed by atoms with Crippen LogP contribution < -0.4 is 0 Å². The summed E-state index contributed by atoms with van der Waals surface area (Å²) in [6.45, 7) is 5.83. The monoisotopic (exact) mass is 175 g/mol. The van der Waals surface area contributed by atoms with Gasteiger partial charge in [0.05, 0.1) is 6.10 Å². The summed E-state index contributed by atoms with van der Waals surface area (Å²) in [6.07, 6.45) is 0.575. The third-order valence-electron chi connectivity index (χ3n) is 1.86. The molecule has 0 rings (SSSR count). The van der Waals surface area contributed by atoms with Crippen LogP contribution in [-0.4, -0.2) is 48.0 Å². The van der Waals surface area contributed by atoms with E-state index in [0.717, 1.165) is 19.5 Å². The van der Waals surface area contributed by atoms with Crippen LogP contribution >= 0.6 is 0 Å². The van der Waals surface area contributed by atoms with Crippen molar-refractivity contribution >= 4 is 0 Å². The molecule has 0 heterocycles. The second-order valence-electron chi connectivity index (χ2n) is 3.69. The number of hydrogen-bond acceptors (Lipinski definition) is 3. The molecule has 3 nitrogen and oxygen atoms in total. The van der Waals surface area contributed by atoms with Gasteiger partial charge in [-0.25, -0.2) is 0 Å². The van der Waals surface area contributed by atoms with Gasteiger partial charge < -0.3 is 15.1 Å². The standard InChI is InChI=1S/C9H21NO2/c1-8(7-11)6-10(3)5-4-9(2)12/h8-9,11-12H,4-7H2,1-3H3. The van der Waals surface area contributed by atoms with E-state index in [4.69, 9.17) is 10.2 Å². The van der Waals surface area contributed by atoms with Gasteiger partial charge in [-0.3, -0.25) is 0 Å². The average molecular weight is 175 g/mol. The zero-order valence-electron chi connectivity index (χ0n) is 8.32. The van der Waals surface area contributed by atoms with Crippen molar-refractivity contribution in [2.45, 2.75) is 26.4 Å². The van der Waals surface area contributed by atoms with Crippen molar-refractivity contribution < 1.29 is 10.2 Å². The molecule has 2 N–H and O–H groups in total. The maximum Gasteiger partial charge on any atom is 0.0524 e. The Labute approximate surface area is 75.0 Å². The van der Waals surface area contributed by atoms with Crippen LogP contribution in [0.3, 0.4) is 0 Å². The highest BCUT2D eigenvalue weighted by molar-refractivity contribution is 4.59. The smallest absolute Gasteiger partial charge is 0.0524 e. The van der Waals surface area contributed by atoms with Crippen LogP contribution in [0.2, 0.25) is 0 Å². The molecule has 0 aromatic rings. The van der Waals surface area contributed by atoms with Crippen LogP contribution in [0.4, 0.5) is 0 Å². The summed E-state index contributed by atoms with van der Waals surface area (Å²) < 4.78 is 0. The molecule has 3 heteroatoms. The van der Waals surface area contributed by atoms with Gasteiger partial charge in [-0.2, -0.15) is 0 Å². The second-order valence-corrected chi connectivity index (χ2v) is 3.69. The van der Waals surface area contributed by atoms with E-state index in [9.17, 15) is 0 Å². The van der Waals surface area contributed by atoms with Crippen molar-refractivity contribution in [2.24, 2.45) is 5.92 Å². The molecule has 74 valence electrons. The number of rotatable bonds is 6.